The minimum Gasteiger partial charge on any atom is -0.486 e. The minimum absolute atomic E-state index is 0.280. The number of fused-ring (bicyclic) bond motifs is 2. The molecule has 0 radical (unpaired) electrons. The highest BCUT2D eigenvalue weighted by Gasteiger charge is 2.27. The van der Waals surface area contributed by atoms with Gasteiger partial charge in [0.2, 0.25) is 0 Å². The van der Waals surface area contributed by atoms with Crippen molar-refractivity contribution in [1.29, 1.82) is 0 Å². The highest BCUT2D eigenvalue weighted by molar-refractivity contribution is 7.08. The van der Waals surface area contributed by atoms with E-state index in [-0.39, 0.29) is 6.42 Å². The Kier molecular flexibility index (Phi) is 6.04. The number of para-hydroxylation sites is 1. The summed E-state index contributed by atoms with van der Waals surface area (Å²) < 4.78 is 11.5. The number of aromatic nitrogens is 1. The molecule has 1 unspecified atom stereocenters. The van der Waals surface area contributed by atoms with E-state index in [1.807, 2.05) is 53.4 Å². The van der Waals surface area contributed by atoms with E-state index in [2.05, 4.69) is 10.3 Å². The Hall–Kier alpha value is -3.33. The van der Waals surface area contributed by atoms with E-state index in [1.165, 1.54) is 0 Å². The van der Waals surface area contributed by atoms with Crippen molar-refractivity contribution < 1.29 is 24.5 Å². The minimum atomic E-state index is -0.980. The number of aromatic amines is 1. The Labute approximate surface area is 194 Å². The zero-order valence-electron chi connectivity index (χ0n) is 17.8. The first-order valence-electron chi connectivity index (χ1n) is 10.7. The third kappa shape index (κ3) is 4.32. The third-order valence-electron chi connectivity index (χ3n) is 5.82. The number of carbonyl (C=O) groups excluding carboxylic acids is 1. The van der Waals surface area contributed by atoms with Crippen LogP contribution < -0.4 is 14.8 Å². The summed E-state index contributed by atoms with van der Waals surface area (Å²) in [5, 5.41) is 28.5. The quantitative estimate of drug-likeness (QED) is 0.336. The Morgan fingerprint density at radius 3 is 2.82 bits per heavy atom. The first kappa shape index (κ1) is 21.5. The van der Waals surface area contributed by atoms with Crippen LogP contribution in [0.4, 0.5) is 0 Å². The van der Waals surface area contributed by atoms with Crippen LogP contribution in [-0.4, -0.2) is 53.1 Å². The lowest BCUT2D eigenvalue weighted by atomic mass is 10.00. The molecule has 8 heteroatoms. The molecule has 0 aliphatic carbocycles. The van der Waals surface area contributed by atoms with Crippen molar-refractivity contribution >= 4 is 28.1 Å². The molecule has 1 amide bonds. The molecule has 2 aromatic heterocycles. The fraction of sp³-hybridized carbons (Fsp3) is 0.240. The van der Waals surface area contributed by atoms with Crippen LogP contribution in [0.1, 0.15) is 15.9 Å². The number of aliphatic hydroxyl groups is 2. The molecule has 4 aromatic rings. The number of thiophene rings is 1. The molecule has 4 N–H and O–H groups in total. The topological polar surface area (TPSA) is 104 Å². The summed E-state index contributed by atoms with van der Waals surface area (Å²) in [5.41, 5.74) is 4.01. The maximum absolute atomic E-state index is 13.3. The maximum Gasteiger partial charge on any atom is 0.255 e. The Balaban J connectivity index is 1.39. The molecule has 1 aliphatic rings. The molecule has 2 atom stereocenters. The zero-order valence-corrected chi connectivity index (χ0v) is 18.6. The van der Waals surface area contributed by atoms with Gasteiger partial charge in [-0.15, -0.1) is 0 Å². The van der Waals surface area contributed by atoms with Crippen LogP contribution in [0.25, 0.3) is 22.0 Å². The second-order valence-corrected chi connectivity index (χ2v) is 8.73. The van der Waals surface area contributed by atoms with Crippen molar-refractivity contribution in [2.45, 2.75) is 18.6 Å². The standard InChI is InChI=1S/C25H24N2O5S/c28-13-21(22(29)10-17-12-26-20-4-2-1-3-18(17)20)27-25(30)19-9-16(15-5-8-33-14-15)11-23-24(19)32-7-6-31-23/h1-5,8-9,11-12,14,21-22,26,28-29H,6-7,10,13H2,(H,27,30)/t21?,22-/m1/s1. The smallest absolute Gasteiger partial charge is 0.255 e. The van der Waals surface area contributed by atoms with Crippen LogP contribution in [0.3, 0.4) is 0 Å². The van der Waals surface area contributed by atoms with Gasteiger partial charge in [0.15, 0.2) is 11.5 Å². The van der Waals surface area contributed by atoms with Crippen LogP contribution in [-0.2, 0) is 6.42 Å². The van der Waals surface area contributed by atoms with Crippen molar-refractivity contribution in [1.82, 2.24) is 10.3 Å². The van der Waals surface area contributed by atoms with Gasteiger partial charge in [-0.25, -0.2) is 0 Å². The van der Waals surface area contributed by atoms with E-state index in [4.69, 9.17) is 9.47 Å². The van der Waals surface area contributed by atoms with E-state index in [0.717, 1.165) is 27.6 Å². The summed E-state index contributed by atoms with van der Waals surface area (Å²) in [6.45, 7) is 0.348. The number of H-pyrrole nitrogens is 1. The fourth-order valence-corrected chi connectivity index (χ4v) is 4.76. The Morgan fingerprint density at radius 2 is 2.00 bits per heavy atom. The fourth-order valence-electron chi connectivity index (χ4n) is 4.10. The lowest BCUT2D eigenvalue weighted by Gasteiger charge is -2.25. The molecule has 2 aromatic carbocycles. The van der Waals surface area contributed by atoms with E-state index < -0.39 is 24.7 Å². The average Bonchev–Trinajstić information content (AvgIpc) is 3.52. The molecule has 7 nitrogen and oxygen atoms in total. The lowest BCUT2D eigenvalue weighted by molar-refractivity contribution is 0.0700. The van der Waals surface area contributed by atoms with Gasteiger partial charge in [0.1, 0.15) is 13.2 Å². The van der Waals surface area contributed by atoms with Gasteiger partial charge in [-0.1, -0.05) is 18.2 Å². The SMILES string of the molecule is O=C(NC(CO)[C@H](O)Cc1c[nH]c2ccccc12)c1cc(-c2ccsc2)cc2c1OCCO2. The number of hydrogen-bond donors (Lipinski definition) is 4. The summed E-state index contributed by atoms with van der Waals surface area (Å²) in [5.74, 6) is 0.446. The van der Waals surface area contributed by atoms with Crippen molar-refractivity contribution in [2.75, 3.05) is 19.8 Å². The summed E-state index contributed by atoms with van der Waals surface area (Å²) in [4.78, 5) is 16.4. The van der Waals surface area contributed by atoms with Crippen LogP contribution in [0.2, 0.25) is 0 Å². The Bertz CT molecular complexity index is 1270. The largest absolute Gasteiger partial charge is 0.486 e. The van der Waals surface area contributed by atoms with E-state index in [1.54, 1.807) is 17.4 Å². The van der Waals surface area contributed by atoms with Crippen LogP contribution in [0.5, 0.6) is 11.5 Å². The summed E-state index contributed by atoms with van der Waals surface area (Å²) in [6, 6.07) is 12.5. The second-order valence-electron chi connectivity index (χ2n) is 7.95. The van der Waals surface area contributed by atoms with Crippen LogP contribution in [0, 0.1) is 0 Å². The van der Waals surface area contributed by atoms with Gasteiger partial charge in [-0.3, -0.25) is 4.79 Å². The van der Waals surface area contributed by atoms with Crippen molar-refractivity contribution in [3.8, 4) is 22.6 Å². The van der Waals surface area contributed by atoms with Gasteiger partial charge in [-0.2, -0.15) is 11.3 Å². The molecule has 0 spiro atoms. The summed E-state index contributed by atoms with van der Waals surface area (Å²) >= 11 is 1.57. The van der Waals surface area contributed by atoms with Crippen molar-refractivity contribution in [2.24, 2.45) is 0 Å². The predicted molar refractivity (Wildman–Crippen MR) is 127 cm³/mol. The first-order valence-corrected chi connectivity index (χ1v) is 11.7. The van der Waals surface area contributed by atoms with Crippen LogP contribution >= 0.6 is 11.3 Å². The summed E-state index contributed by atoms with van der Waals surface area (Å²) in [6.07, 6.45) is 1.14. The number of benzene rings is 2. The third-order valence-corrected chi connectivity index (χ3v) is 6.51. The first-order chi connectivity index (χ1) is 16.1. The number of hydrogen-bond acceptors (Lipinski definition) is 6. The average molecular weight is 465 g/mol. The number of aliphatic hydroxyl groups excluding tert-OH is 2. The monoisotopic (exact) mass is 464 g/mol. The number of ether oxygens (including phenoxy) is 2. The number of amides is 1. The summed E-state index contributed by atoms with van der Waals surface area (Å²) in [7, 11) is 0. The second kappa shape index (κ2) is 9.27. The molecule has 1 aliphatic heterocycles. The van der Waals surface area contributed by atoms with E-state index >= 15 is 0 Å². The van der Waals surface area contributed by atoms with Gasteiger partial charge in [0, 0.05) is 23.5 Å². The van der Waals surface area contributed by atoms with Crippen molar-refractivity contribution in [3.63, 3.8) is 0 Å². The van der Waals surface area contributed by atoms with Gasteiger partial charge in [0.25, 0.3) is 5.91 Å². The molecule has 0 fully saturated rings. The Morgan fingerprint density at radius 1 is 1.15 bits per heavy atom. The van der Waals surface area contributed by atoms with Gasteiger partial charge < -0.3 is 30.0 Å². The van der Waals surface area contributed by atoms with E-state index in [0.29, 0.717) is 30.3 Å². The molecular weight excluding hydrogens is 440 g/mol. The number of nitrogens with one attached hydrogen (secondary N) is 2. The number of carbonyl (C=O) groups is 1. The number of rotatable bonds is 7. The molecule has 0 saturated heterocycles. The molecular formula is C25H24N2O5S. The normalized spacial score (nSPS) is 14.7. The predicted octanol–water partition coefficient (Wildman–Crippen LogP) is 3.36. The van der Waals surface area contributed by atoms with Crippen LogP contribution in [0.15, 0.2) is 59.4 Å². The highest BCUT2D eigenvalue weighted by atomic mass is 32.1. The molecule has 3 heterocycles. The van der Waals surface area contributed by atoms with Crippen molar-refractivity contribution in [3.05, 3.63) is 70.5 Å². The van der Waals surface area contributed by atoms with E-state index in [9.17, 15) is 15.0 Å². The van der Waals surface area contributed by atoms with Gasteiger partial charge >= 0.3 is 0 Å². The zero-order chi connectivity index (χ0) is 22.8. The maximum atomic E-state index is 13.3. The molecule has 33 heavy (non-hydrogen) atoms. The molecule has 5 rings (SSSR count). The highest BCUT2D eigenvalue weighted by Crippen LogP contribution is 2.39. The lowest BCUT2D eigenvalue weighted by Crippen LogP contribution is -2.46. The molecule has 170 valence electrons. The molecule has 0 bridgehead atoms. The van der Waals surface area contributed by atoms with Gasteiger partial charge in [-0.05, 0) is 51.7 Å². The van der Waals surface area contributed by atoms with Gasteiger partial charge in [0.05, 0.1) is 24.3 Å². The molecule has 0 saturated carbocycles.